The van der Waals surface area contributed by atoms with E-state index in [1.54, 1.807) is 13.0 Å². The molecule has 1 unspecified atom stereocenters. The van der Waals surface area contributed by atoms with Crippen molar-refractivity contribution >= 4 is 17.7 Å². The Morgan fingerprint density at radius 2 is 2.47 bits per heavy atom. The Hall–Kier alpha value is -1.85. The maximum Gasteiger partial charge on any atom is 0.234 e. The van der Waals surface area contributed by atoms with Crippen molar-refractivity contribution < 1.29 is 14.1 Å². The van der Waals surface area contributed by atoms with Crippen molar-refractivity contribution in [3.8, 4) is 0 Å². The molecule has 0 saturated carbocycles. The molecule has 1 aliphatic heterocycles. The second-order valence-electron chi connectivity index (χ2n) is 3.61. The highest BCUT2D eigenvalue weighted by Gasteiger charge is 2.35. The van der Waals surface area contributed by atoms with E-state index in [-0.39, 0.29) is 18.9 Å². The van der Waals surface area contributed by atoms with Crippen LogP contribution in [0.1, 0.15) is 12.1 Å². The fourth-order valence-electron chi connectivity index (χ4n) is 1.59. The number of anilines is 1. The summed E-state index contributed by atoms with van der Waals surface area (Å²) in [5.41, 5.74) is 5.84. The zero-order valence-corrected chi connectivity index (χ0v) is 8.27. The summed E-state index contributed by atoms with van der Waals surface area (Å²) in [5, 5.41) is 3.68. The normalized spacial score (nSPS) is 21.0. The van der Waals surface area contributed by atoms with Crippen molar-refractivity contribution in [3.63, 3.8) is 0 Å². The minimum Gasteiger partial charge on any atom is -0.369 e. The number of carbonyl (C=O) groups excluding carboxylic acids is 2. The molecule has 2 heterocycles. The summed E-state index contributed by atoms with van der Waals surface area (Å²) in [7, 11) is 0. The maximum atomic E-state index is 11.5. The summed E-state index contributed by atoms with van der Waals surface area (Å²) in [6.07, 6.45) is 0.148. The molecule has 2 N–H and O–H groups in total. The van der Waals surface area contributed by atoms with Crippen LogP contribution in [0.15, 0.2) is 10.6 Å². The molecule has 2 rings (SSSR count). The molecule has 15 heavy (non-hydrogen) atoms. The van der Waals surface area contributed by atoms with Crippen LogP contribution in [0.2, 0.25) is 0 Å². The molecule has 6 heteroatoms. The van der Waals surface area contributed by atoms with E-state index >= 15 is 0 Å². The van der Waals surface area contributed by atoms with Gasteiger partial charge in [0.2, 0.25) is 17.7 Å². The Balaban J connectivity index is 2.18. The summed E-state index contributed by atoms with van der Waals surface area (Å²) in [4.78, 5) is 23.9. The van der Waals surface area contributed by atoms with Gasteiger partial charge in [-0.15, -0.1) is 0 Å². The van der Waals surface area contributed by atoms with E-state index in [2.05, 4.69) is 5.16 Å². The molecule has 1 atom stereocenters. The average Bonchev–Trinajstić information content (AvgIpc) is 2.71. The first-order chi connectivity index (χ1) is 7.08. The molecular formula is C9H11N3O3. The Morgan fingerprint density at radius 3 is 2.93 bits per heavy atom. The Morgan fingerprint density at radius 1 is 1.73 bits per heavy atom. The fraction of sp³-hybridized carbons (Fsp3) is 0.444. The lowest BCUT2D eigenvalue weighted by molar-refractivity contribution is -0.123. The molecule has 1 aliphatic rings. The third-order valence-corrected chi connectivity index (χ3v) is 2.41. The van der Waals surface area contributed by atoms with E-state index in [1.807, 2.05) is 0 Å². The average molecular weight is 209 g/mol. The summed E-state index contributed by atoms with van der Waals surface area (Å²) < 4.78 is 4.95. The number of primary amides is 1. The van der Waals surface area contributed by atoms with Crippen LogP contribution in [0.5, 0.6) is 0 Å². The monoisotopic (exact) mass is 209 g/mol. The number of nitrogens with two attached hydrogens (primary N) is 1. The second kappa shape index (κ2) is 3.38. The van der Waals surface area contributed by atoms with Gasteiger partial charge in [0, 0.05) is 19.0 Å². The number of hydrogen-bond donors (Lipinski definition) is 1. The number of amides is 2. The fourth-order valence-corrected chi connectivity index (χ4v) is 1.59. The minimum atomic E-state index is -0.456. The van der Waals surface area contributed by atoms with Crippen LogP contribution in [-0.2, 0) is 9.59 Å². The van der Waals surface area contributed by atoms with Gasteiger partial charge in [-0.1, -0.05) is 5.16 Å². The quantitative estimate of drug-likeness (QED) is 0.731. The van der Waals surface area contributed by atoms with Crippen molar-refractivity contribution in [1.29, 1.82) is 0 Å². The van der Waals surface area contributed by atoms with Gasteiger partial charge >= 0.3 is 0 Å². The van der Waals surface area contributed by atoms with Gasteiger partial charge < -0.3 is 10.3 Å². The van der Waals surface area contributed by atoms with Gasteiger partial charge in [0.1, 0.15) is 0 Å². The second-order valence-corrected chi connectivity index (χ2v) is 3.61. The number of carbonyl (C=O) groups is 2. The van der Waals surface area contributed by atoms with E-state index in [9.17, 15) is 9.59 Å². The lowest BCUT2D eigenvalue weighted by Crippen LogP contribution is -2.28. The van der Waals surface area contributed by atoms with Gasteiger partial charge in [-0.05, 0) is 6.92 Å². The van der Waals surface area contributed by atoms with Crippen molar-refractivity contribution in [2.45, 2.75) is 13.3 Å². The van der Waals surface area contributed by atoms with Crippen LogP contribution in [0.4, 0.5) is 5.88 Å². The van der Waals surface area contributed by atoms with Gasteiger partial charge in [0.25, 0.3) is 0 Å². The lowest BCUT2D eigenvalue weighted by atomic mass is 10.1. The highest BCUT2D eigenvalue weighted by molar-refractivity contribution is 5.99. The molecule has 1 fully saturated rings. The minimum absolute atomic E-state index is 0.148. The molecule has 0 aliphatic carbocycles. The molecule has 6 nitrogen and oxygen atoms in total. The van der Waals surface area contributed by atoms with Crippen molar-refractivity contribution in [3.05, 3.63) is 11.8 Å². The third kappa shape index (κ3) is 1.70. The molecule has 0 radical (unpaired) electrons. The maximum absolute atomic E-state index is 11.5. The number of aryl methyl sites for hydroxylation is 1. The molecule has 1 aromatic rings. The highest BCUT2D eigenvalue weighted by atomic mass is 16.5. The molecule has 80 valence electrons. The first-order valence-corrected chi connectivity index (χ1v) is 4.61. The molecular weight excluding hydrogens is 198 g/mol. The molecule has 0 bridgehead atoms. The summed E-state index contributed by atoms with van der Waals surface area (Å²) in [6.45, 7) is 2.04. The van der Waals surface area contributed by atoms with Crippen LogP contribution in [-0.4, -0.2) is 23.5 Å². The SMILES string of the molecule is Cc1cc(N2CC(C(N)=O)CC2=O)on1. The lowest BCUT2D eigenvalue weighted by Gasteiger charge is -2.10. The van der Waals surface area contributed by atoms with Crippen molar-refractivity contribution in [1.82, 2.24) is 5.16 Å². The predicted octanol–water partition coefficient (Wildman–Crippen LogP) is -0.179. The molecule has 0 aromatic carbocycles. The van der Waals surface area contributed by atoms with Crippen LogP contribution >= 0.6 is 0 Å². The van der Waals surface area contributed by atoms with Crippen LogP contribution in [0, 0.1) is 12.8 Å². The van der Waals surface area contributed by atoms with Gasteiger partial charge in [0.15, 0.2) is 0 Å². The highest BCUT2D eigenvalue weighted by Crippen LogP contribution is 2.25. The number of aromatic nitrogens is 1. The molecule has 0 spiro atoms. The smallest absolute Gasteiger partial charge is 0.234 e. The van der Waals surface area contributed by atoms with E-state index in [0.29, 0.717) is 11.6 Å². The standard InChI is InChI=1S/C9H11N3O3/c1-5-2-8(15-11-5)12-4-6(9(10)14)3-7(12)13/h2,6H,3-4H2,1H3,(H2,10,14). The van der Waals surface area contributed by atoms with Gasteiger partial charge in [0.05, 0.1) is 11.6 Å². The van der Waals surface area contributed by atoms with Crippen LogP contribution < -0.4 is 10.6 Å². The number of nitrogens with zero attached hydrogens (tertiary/aromatic N) is 2. The summed E-state index contributed by atoms with van der Waals surface area (Å²) >= 11 is 0. The van der Waals surface area contributed by atoms with Crippen molar-refractivity contribution in [2.75, 3.05) is 11.4 Å². The van der Waals surface area contributed by atoms with Crippen LogP contribution in [0.3, 0.4) is 0 Å². The number of hydrogen-bond acceptors (Lipinski definition) is 4. The zero-order chi connectivity index (χ0) is 11.0. The first kappa shape index (κ1) is 9.70. The van der Waals surface area contributed by atoms with Crippen molar-refractivity contribution in [2.24, 2.45) is 11.7 Å². The Kier molecular flexibility index (Phi) is 2.18. The van der Waals surface area contributed by atoms with E-state index in [4.69, 9.17) is 10.3 Å². The van der Waals surface area contributed by atoms with Gasteiger partial charge in [-0.25, -0.2) is 0 Å². The van der Waals surface area contributed by atoms with E-state index < -0.39 is 11.8 Å². The largest absolute Gasteiger partial charge is 0.369 e. The van der Waals surface area contributed by atoms with Crippen LogP contribution in [0.25, 0.3) is 0 Å². The third-order valence-electron chi connectivity index (χ3n) is 2.41. The van der Waals surface area contributed by atoms with E-state index in [0.717, 1.165) is 0 Å². The number of rotatable bonds is 2. The molecule has 1 aromatic heterocycles. The van der Waals surface area contributed by atoms with Gasteiger partial charge in [-0.3, -0.25) is 14.5 Å². The topological polar surface area (TPSA) is 89.4 Å². The predicted molar refractivity (Wildman–Crippen MR) is 50.9 cm³/mol. The zero-order valence-electron chi connectivity index (χ0n) is 8.27. The Bertz CT molecular complexity index is 412. The van der Waals surface area contributed by atoms with E-state index in [1.165, 1.54) is 4.90 Å². The van der Waals surface area contributed by atoms with Gasteiger partial charge in [-0.2, -0.15) is 0 Å². The summed E-state index contributed by atoms with van der Waals surface area (Å²) in [5.74, 6) is -0.666. The molecule has 2 amide bonds. The first-order valence-electron chi connectivity index (χ1n) is 4.61. The molecule has 1 saturated heterocycles. The summed E-state index contributed by atoms with van der Waals surface area (Å²) in [6, 6.07) is 1.65. The Labute approximate surface area is 86.0 Å².